The second-order valence-corrected chi connectivity index (χ2v) is 9.59. The van der Waals surface area contributed by atoms with E-state index in [0.717, 1.165) is 37.3 Å². The summed E-state index contributed by atoms with van der Waals surface area (Å²) in [7, 11) is 2.15. The summed E-state index contributed by atoms with van der Waals surface area (Å²) in [6.45, 7) is 4.12. The van der Waals surface area contributed by atoms with Gasteiger partial charge in [0.05, 0.1) is 16.3 Å². The molecule has 0 bridgehead atoms. The lowest BCUT2D eigenvalue weighted by Gasteiger charge is -2.34. The van der Waals surface area contributed by atoms with Crippen LogP contribution in [0.1, 0.15) is 0 Å². The maximum absolute atomic E-state index is 15.2. The Morgan fingerprint density at radius 3 is 2.49 bits per heavy atom. The zero-order valence-electron chi connectivity index (χ0n) is 20.3. The van der Waals surface area contributed by atoms with Crippen LogP contribution < -0.4 is 10.6 Å². The van der Waals surface area contributed by atoms with Crippen molar-refractivity contribution < 1.29 is 4.39 Å². The summed E-state index contributed by atoms with van der Waals surface area (Å²) in [4.78, 5) is 18.4. The second-order valence-electron chi connectivity index (χ2n) is 9.18. The molecule has 9 heteroatoms. The number of rotatable bonds is 4. The highest BCUT2D eigenvalue weighted by Crippen LogP contribution is 2.35. The Morgan fingerprint density at radius 1 is 0.919 bits per heavy atom. The maximum atomic E-state index is 15.2. The molecule has 0 amide bonds. The first-order chi connectivity index (χ1) is 18.0. The molecule has 0 atom stereocenters. The fourth-order valence-electron chi connectivity index (χ4n) is 4.73. The van der Waals surface area contributed by atoms with Gasteiger partial charge in [0.25, 0.3) is 0 Å². The molecule has 4 heterocycles. The first-order valence-electron chi connectivity index (χ1n) is 12.1. The third kappa shape index (κ3) is 4.28. The minimum atomic E-state index is -0.558. The number of likely N-dealkylation sites (N-methyl/N-ethyl adjacent to an activating group) is 1. The summed E-state index contributed by atoms with van der Waals surface area (Å²) in [6, 6.07) is 18.9. The Kier molecular flexibility index (Phi) is 5.98. The number of anilines is 2. The third-order valence-corrected chi connectivity index (χ3v) is 7.11. The summed E-state index contributed by atoms with van der Waals surface area (Å²) < 4.78 is 16.8. The maximum Gasteiger partial charge on any atom is 0.165 e. The van der Waals surface area contributed by atoms with Crippen LogP contribution in [-0.4, -0.2) is 57.6 Å². The number of halogens is 2. The van der Waals surface area contributed by atoms with Crippen LogP contribution in [0.4, 0.5) is 15.9 Å². The molecule has 1 fully saturated rings. The quantitative estimate of drug-likeness (QED) is 0.352. The van der Waals surface area contributed by atoms with Crippen molar-refractivity contribution in [3.8, 4) is 28.2 Å². The lowest BCUT2D eigenvalue weighted by molar-refractivity contribution is 0.313. The Hall–Kier alpha value is -4.01. The number of nitrogen functional groups attached to an aromatic ring is 1. The Labute approximate surface area is 219 Å². The Morgan fingerprint density at radius 2 is 1.70 bits per heavy atom. The van der Waals surface area contributed by atoms with Crippen molar-refractivity contribution in [1.29, 1.82) is 0 Å². The summed E-state index contributed by atoms with van der Waals surface area (Å²) >= 11 is 6.12. The van der Waals surface area contributed by atoms with Gasteiger partial charge < -0.3 is 15.5 Å². The number of benzene rings is 2. The van der Waals surface area contributed by atoms with Crippen LogP contribution >= 0.6 is 11.6 Å². The zero-order chi connectivity index (χ0) is 25.5. The van der Waals surface area contributed by atoms with Gasteiger partial charge in [-0.1, -0.05) is 29.8 Å². The van der Waals surface area contributed by atoms with Gasteiger partial charge in [0.1, 0.15) is 11.3 Å². The molecule has 1 aliphatic heterocycles. The normalized spacial score (nSPS) is 14.4. The molecule has 7 nitrogen and oxygen atoms in total. The number of hydrogen-bond donors (Lipinski definition) is 1. The van der Waals surface area contributed by atoms with Crippen LogP contribution in [0.25, 0.3) is 39.4 Å². The van der Waals surface area contributed by atoms with Gasteiger partial charge in [0.2, 0.25) is 0 Å². The largest absolute Gasteiger partial charge is 0.383 e. The molecule has 2 N–H and O–H groups in total. The van der Waals surface area contributed by atoms with Gasteiger partial charge in [0.15, 0.2) is 17.3 Å². The van der Waals surface area contributed by atoms with Gasteiger partial charge >= 0.3 is 0 Å². The molecule has 0 unspecified atom stereocenters. The summed E-state index contributed by atoms with van der Waals surface area (Å²) in [5.41, 5.74) is 11.4. The molecule has 0 saturated carbocycles. The average molecular weight is 514 g/mol. The number of nitrogens with zero attached hydrogens (tertiary/aromatic N) is 6. The van der Waals surface area contributed by atoms with Crippen molar-refractivity contribution >= 4 is 34.3 Å². The van der Waals surface area contributed by atoms with E-state index in [1.54, 1.807) is 35.2 Å². The van der Waals surface area contributed by atoms with Crippen LogP contribution in [-0.2, 0) is 0 Å². The van der Waals surface area contributed by atoms with Crippen molar-refractivity contribution in [2.24, 2.45) is 0 Å². The molecule has 1 saturated heterocycles. The average Bonchev–Trinajstić information content (AvgIpc) is 3.30. The van der Waals surface area contributed by atoms with E-state index in [9.17, 15) is 0 Å². The molecule has 6 rings (SSSR count). The smallest absolute Gasteiger partial charge is 0.165 e. The Balaban J connectivity index is 1.44. The standard InChI is InChI=1S/C28H25ClFN7/c1-35-12-14-36(15-13-35)20-9-7-18(8-10-20)19-16-21(26(31)33-17-19)27-34-23-5-3-11-32-28(23)37(27)24-6-2-4-22(29)25(24)30/h2-11,16-17H,12-15H2,1H3,(H2,31,33). The second kappa shape index (κ2) is 9.46. The number of imidazole rings is 1. The topological polar surface area (TPSA) is 76.1 Å². The number of aromatic nitrogens is 4. The fraction of sp³-hybridized carbons (Fsp3) is 0.179. The lowest BCUT2D eigenvalue weighted by atomic mass is 10.0. The highest BCUT2D eigenvalue weighted by Gasteiger charge is 2.21. The van der Waals surface area contributed by atoms with Crippen molar-refractivity contribution in [3.63, 3.8) is 0 Å². The number of hydrogen-bond acceptors (Lipinski definition) is 6. The molecule has 2 aromatic carbocycles. The molecule has 0 spiro atoms. The monoisotopic (exact) mass is 513 g/mol. The summed E-state index contributed by atoms with van der Waals surface area (Å²) in [5, 5.41) is 0.0153. The first-order valence-corrected chi connectivity index (χ1v) is 12.4. The first kappa shape index (κ1) is 23.4. The van der Waals surface area contributed by atoms with Gasteiger partial charge in [-0.15, -0.1) is 0 Å². The molecule has 37 heavy (non-hydrogen) atoms. The Bertz CT molecular complexity index is 1590. The lowest BCUT2D eigenvalue weighted by Crippen LogP contribution is -2.44. The van der Waals surface area contributed by atoms with E-state index >= 15 is 4.39 Å². The van der Waals surface area contributed by atoms with E-state index < -0.39 is 5.82 Å². The van der Waals surface area contributed by atoms with Crippen molar-refractivity contribution in [2.75, 3.05) is 43.9 Å². The molecular weight excluding hydrogens is 489 g/mol. The number of fused-ring (bicyclic) bond motifs is 1. The van der Waals surface area contributed by atoms with Crippen LogP contribution in [0.3, 0.4) is 0 Å². The van der Waals surface area contributed by atoms with Crippen LogP contribution in [0.15, 0.2) is 73.1 Å². The molecule has 1 aliphatic rings. The minimum absolute atomic E-state index is 0.0153. The van der Waals surface area contributed by atoms with Gasteiger partial charge in [0, 0.05) is 49.8 Å². The van der Waals surface area contributed by atoms with E-state index in [-0.39, 0.29) is 16.5 Å². The van der Waals surface area contributed by atoms with E-state index in [1.807, 2.05) is 12.1 Å². The highest BCUT2D eigenvalue weighted by atomic mass is 35.5. The van der Waals surface area contributed by atoms with E-state index in [4.69, 9.17) is 22.3 Å². The van der Waals surface area contributed by atoms with E-state index in [2.05, 4.69) is 51.1 Å². The van der Waals surface area contributed by atoms with Gasteiger partial charge in [-0.3, -0.25) is 4.57 Å². The van der Waals surface area contributed by atoms with Crippen molar-refractivity contribution in [3.05, 3.63) is 83.9 Å². The molecule has 3 aromatic heterocycles. The molecular formula is C28H25ClFN7. The van der Waals surface area contributed by atoms with Gasteiger partial charge in [-0.25, -0.2) is 19.3 Å². The van der Waals surface area contributed by atoms with Crippen LogP contribution in [0.5, 0.6) is 0 Å². The number of pyridine rings is 2. The summed E-state index contributed by atoms with van der Waals surface area (Å²) in [6.07, 6.45) is 3.39. The predicted octanol–water partition coefficient (Wildman–Crippen LogP) is 5.28. The van der Waals surface area contributed by atoms with Crippen molar-refractivity contribution in [1.82, 2.24) is 24.4 Å². The third-order valence-electron chi connectivity index (χ3n) is 6.82. The van der Waals surface area contributed by atoms with E-state index in [0.29, 0.717) is 22.6 Å². The number of piperazine rings is 1. The molecule has 186 valence electrons. The zero-order valence-corrected chi connectivity index (χ0v) is 21.0. The summed E-state index contributed by atoms with van der Waals surface area (Å²) in [5.74, 6) is 0.171. The molecule has 0 radical (unpaired) electrons. The van der Waals surface area contributed by atoms with E-state index in [1.165, 1.54) is 11.8 Å². The predicted molar refractivity (Wildman–Crippen MR) is 147 cm³/mol. The minimum Gasteiger partial charge on any atom is -0.383 e. The van der Waals surface area contributed by atoms with Gasteiger partial charge in [-0.05, 0) is 55.1 Å². The van der Waals surface area contributed by atoms with Crippen LogP contribution in [0.2, 0.25) is 5.02 Å². The molecule has 0 aliphatic carbocycles. The van der Waals surface area contributed by atoms with Crippen LogP contribution in [0, 0.1) is 5.82 Å². The number of nitrogens with two attached hydrogens (primary N) is 1. The van der Waals surface area contributed by atoms with Crippen molar-refractivity contribution in [2.45, 2.75) is 0 Å². The SMILES string of the molecule is CN1CCN(c2ccc(-c3cnc(N)c(-c4nc5cccnc5n4-c4cccc(Cl)c4F)c3)cc2)CC1. The highest BCUT2D eigenvalue weighted by molar-refractivity contribution is 6.30. The van der Waals surface area contributed by atoms with Gasteiger partial charge in [-0.2, -0.15) is 0 Å². The molecule has 5 aromatic rings. The fourth-order valence-corrected chi connectivity index (χ4v) is 4.90.